The molecule has 0 radical (unpaired) electrons. The molecule has 2 aromatic rings. The van der Waals surface area contributed by atoms with E-state index in [2.05, 4.69) is 33.6 Å². The standard InChI is InChI=1S/C24H27N3O3S/c1-4-20-9-10-21(31-20)30-23(29)26-24(2,3)22(28)25-18-6-5-16-11-13-27(19-7-8-19)14-12-17(16)15-18/h1,5-6,9-10,15,19H,7-8,11-14H2,2-3H3,(H,25,28)(H,26,29). The van der Waals surface area contributed by atoms with E-state index >= 15 is 0 Å². The van der Waals surface area contributed by atoms with Crippen molar-refractivity contribution in [1.29, 1.82) is 0 Å². The van der Waals surface area contributed by atoms with Gasteiger partial charge in [-0.05, 0) is 74.9 Å². The van der Waals surface area contributed by atoms with Gasteiger partial charge in [0.15, 0.2) is 5.06 Å². The summed E-state index contributed by atoms with van der Waals surface area (Å²) in [5, 5.41) is 5.94. The van der Waals surface area contributed by atoms with E-state index in [4.69, 9.17) is 11.2 Å². The van der Waals surface area contributed by atoms with Crippen molar-refractivity contribution in [3.63, 3.8) is 0 Å². The maximum absolute atomic E-state index is 12.8. The van der Waals surface area contributed by atoms with Crippen molar-refractivity contribution in [1.82, 2.24) is 10.2 Å². The number of nitrogens with one attached hydrogen (secondary N) is 2. The number of terminal acetylenes is 1. The van der Waals surface area contributed by atoms with E-state index in [0.717, 1.165) is 37.7 Å². The molecule has 162 valence electrons. The number of carbonyl (C=O) groups is 2. The molecule has 6 nitrogen and oxygen atoms in total. The van der Waals surface area contributed by atoms with Crippen LogP contribution in [0.4, 0.5) is 10.5 Å². The number of ether oxygens (including phenoxy) is 1. The highest BCUT2D eigenvalue weighted by Crippen LogP contribution is 2.30. The lowest BCUT2D eigenvalue weighted by molar-refractivity contribution is -0.121. The molecule has 7 heteroatoms. The maximum atomic E-state index is 12.8. The van der Waals surface area contributed by atoms with Gasteiger partial charge in [0.1, 0.15) is 5.54 Å². The van der Waals surface area contributed by atoms with Crippen LogP contribution in [0.15, 0.2) is 30.3 Å². The molecule has 1 aliphatic carbocycles. The number of amides is 2. The van der Waals surface area contributed by atoms with E-state index < -0.39 is 11.6 Å². The van der Waals surface area contributed by atoms with Gasteiger partial charge < -0.3 is 15.4 Å². The molecule has 1 aromatic carbocycles. The van der Waals surface area contributed by atoms with E-state index in [0.29, 0.717) is 9.94 Å². The van der Waals surface area contributed by atoms with Crippen LogP contribution < -0.4 is 15.4 Å². The summed E-state index contributed by atoms with van der Waals surface area (Å²) in [6.07, 6.45) is 9.30. The van der Waals surface area contributed by atoms with Crippen LogP contribution in [0.1, 0.15) is 42.7 Å². The molecule has 0 saturated heterocycles. The van der Waals surface area contributed by atoms with Crippen LogP contribution in [0.25, 0.3) is 0 Å². The number of carbonyl (C=O) groups excluding carboxylic acids is 2. The average Bonchev–Trinajstić information content (AvgIpc) is 3.50. The third-order valence-electron chi connectivity index (χ3n) is 5.76. The molecule has 2 N–H and O–H groups in total. The van der Waals surface area contributed by atoms with E-state index in [9.17, 15) is 9.59 Å². The van der Waals surface area contributed by atoms with Crippen LogP contribution in [0.2, 0.25) is 0 Å². The lowest BCUT2D eigenvalue weighted by Crippen LogP contribution is -2.53. The topological polar surface area (TPSA) is 70.7 Å². The molecular weight excluding hydrogens is 410 g/mol. The molecule has 2 heterocycles. The van der Waals surface area contributed by atoms with Crippen LogP contribution in [0.3, 0.4) is 0 Å². The van der Waals surface area contributed by atoms with Gasteiger partial charge in [-0.25, -0.2) is 4.79 Å². The first kappa shape index (κ1) is 21.4. The minimum atomic E-state index is -1.15. The third kappa shape index (κ3) is 5.27. The highest BCUT2D eigenvalue weighted by Gasteiger charge is 2.32. The molecule has 0 spiro atoms. The van der Waals surface area contributed by atoms with Crippen molar-refractivity contribution >= 4 is 29.0 Å². The smallest absolute Gasteiger partial charge is 0.399 e. The van der Waals surface area contributed by atoms with Crippen LogP contribution in [-0.2, 0) is 17.6 Å². The number of hydrogen-bond donors (Lipinski definition) is 2. The molecule has 1 aliphatic heterocycles. The number of hydrogen-bond acceptors (Lipinski definition) is 5. The lowest BCUT2D eigenvalue weighted by atomic mass is 10.0. The predicted molar refractivity (Wildman–Crippen MR) is 123 cm³/mol. The molecule has 1 saturated carbocycles. The van der Waals surface area contributed by atoms with Gasteiger partial charge in [0.25, 0.3) is 0 Å². The second-order valence-electron chi connectivity index (χ2n) is 8.61. The number of anilines is 1. The lowest BCUT2D eigenvalue weighted by Gasteiger charge is -2.24. The summed E-state index contributed by atoms with van der Waals surface area (Å²) in [6.45, 7) is 5.46. The van der Waals surface area contributed by atoms with Gasteiger partial charge in [0.05, 0.1) is 4.88 Å². The van der Waals surface area contributed by atoms with Crippen LogP contribution >= 0.6 is 11.3 Å². The fourth-order valence-electron chi connectivity index (χ4n) is 3.79. The molecule has 1 fully saturated rings. The normalized spacial score (nSPS) is 16.5. The molecule has 0 unspecified atom stereocenters. The van der Waals surface area contributed by atoms with Crippen LogP contribution in [-0.4, -0.2) is 41.6 Å². The van der Waals surface area contributed by atoms with Gasteiger partial charge >= 0.3 is 6.09 Å². The van der Waals surface area contributed by atoms with Gasteiger partial charge in [0.2, 0.25) is 5.91 Å². The van der Waals surface area contributed by atoms with Gasteiger partial charge in [-0.3, -0.25) is 9.69 Å². The Hall–Kier alpha value is -2.82. The zero-order chi connectivity index (χ0) is 22.0. The Bertz CT molecular complexity index is 1030. The van der Waals surface area contributed by atoms with Gasteiger partial charge in [-0.1, -0.05) is 23.3 Å². The van der Waals surface area contributed by atoms with Crippen LogP contribution in [0.5, 0.6) is 5.06 Å². The quantitative estimate of drug-likeness (QED) is 0.698. The summed E-state index contributed by atoms with van der Waals surface area (Å²) in [7, 11) is 0. The summed E-state index contributed by atoms with van der Waals surface area (Å²) in [6, 6.07) is 10.2. The Balaban J connectivity index is 1.35. The van der Waals surface area contributed by atoms with Gasteiger partial charge in [-0.2, -0.15) is 0 Å². The average molecular weight is 438 g/mol. The van der Waals surface area contributed by atoms with Crippen molar-refractivity contribution in [2.75, 3.05) is 18.4 Å². The highest BCUT2D eigenvalue weighted by atomic mass is 32.1. The Kier molecular flexibility index (Phi) is 6.03. The van der Waals surface area contributed by atoms with E-state index in [1.165, 1.54) is 35.3 Å². The SMILES string of the molecule is C#Cc1ccc(OC(=O)NC(C)(C)C(=O)Nc2ccc3c(c2)CCN(C2CC2)CC3)s1. The minimum absolute atomic E-state index is 0.312. The van der Waals surface area contributed by atoms with Crippen molar-refractivity contribution in [3.8, 4) is 17.4 Å². The van der Waals surface area contributed by atoms with Crippen molar-refractivity contribution in [2.45, 2.75) is 51.1 Å². The first-order valence-electron chi connectivity index (χ1n) is 10.6. The first-order valence-corrected chi connectivity index (χ1v) is 11.4. The van der Waals surface area contributed by atoms with E-state index in [1.807, 2.05) is 6.07 Å². The molecule has 31 heavy (non-hydrogen) atoms. The molecule has 1 aromatic heterocycles. The molecule has 0 bridgehead atoms. The largest absolute Gasteiger partial charge is 0.414 e. The van der Waals surface area contributed by atoms with Crippen LogP contribution in [0, 0.1) is 12.3 Å². The van der Waals surface area contributed by atoms with Crippen molar-refractivity contribution in [3.05, 3.63) is 46.3 Å². The zero-order valence-corrected chi connectivity index (χ0v) is 18.7. The molecular formula is C24H27N3O3S. The van der Waals surface area contributed by atoms with Gasteiger partial charge in [0, 0.05) is 24.8 Å². The highest BCUT2D eigenvalue weighted by molar-refractivity contribution is 7.14. The summed E-state index contributed by atoms with van der Waals surface area (Å²) < 4.78 is 5.24. The molecule has 2 aliphatic rings. The Labute approximate surface area is 187 Å². The number of fused-ring (bicyclic) bond motifs is 1. The first-order chi connectivity index (χ1) is 14.8. The molecule has 4 rings (SSSR count). The zero-order valence-electron chi connectivity index (χ0n) is 17.9. The molecule has 0 atom stereocenters. The monoisotopic (exact) mass is 437 g/mol. The fourth-order valence-corrected chi connectivity index (χ4v) is 4.46. The van der Waals surface area contributed by atoms with E-state index in [1.54, 1.807) is 26.0 Å². The second-order valence-corrected chi connectivity index (χ2v) is 9.65. The maximum Gasteiger partial charge on any atom is 0.414 e. The number of benzene rings is 1. The fraction of sp³-hybridized carbons (Fsp3) is 0.417. The summed E-state index contributed by atoms with van der Waals surface area (Å²) in [5.74, 6) is 2.18. The summed E-state index contributed by atoms with van der Waals surface area (Å²) >= 11 is 1.20. The Morgan fingerprint density at radius 3 is 2.58 bits per heavy atom. The van der Waals surface area contributed by atoms with Crippen molar-refractivity contribution < 1.29 is 14.3 Å². The summed E-state index contributed by atoms with van der Waals surface area (Å²) in [4.78, 5) is 28.3. The molecule has 2 amide bonds. The second kappa shape index (κ2) is 8.74. The number of rotatable bonds is 5. The predicted octanol–water partition coefficient (Wildman–Crippen LogP) is 3.80. The Morgan fingerprint density at radius 2 is 1.90 bits per heavy atom. The third-order valence-corrected chi connectivity index (χ3v) is 6.66. The minimum Gasteiger partial charge on any atom is -0.399 e. The summed E-state index contributed by atoms with van der Waals surface area (Å²) in [5.41, 5.74) is 2.22. The Morgan fingerprint density at radius 1 is 1.16 bits per heavy atom. The van der Waals surface area contributed by atoms with Gasteiger partial charge in [-0.15, -0.1) is 6.42 Å². The number of nitrogens with zero attached hydrogens (tertiary/aromatic N) is 1. The number of thiophene rings is 1. The van der Waals surface area contributed by atoms with Crippen molar-refractivity contribution in [2.24, 2.45) is 0 Å². The van der Waals surface area contributed by atoms with E-state index in [-0.39, 0.29) is 5.91 Å².